The molecule has 0 spiro atoms. The van der Waals surface area contributed by atoms with Crippen LogP contribution in [0.25, 0.3) is 0 Å². The monoisotopic (exact) mass is 357 g/mol. The highest BCUT2D eigenvalue weighted by Crippen LogP contribution is 2.20. The summed E-state index contributed by atoms with van der Waals surface area (Å²) < 4.78 is 18.2. The molecule has 2 aromatic rings. The fourth-order valence-corrected chi connectivity index (χ4v) is 2.84. The largest absolute Gasteiger partial charge is 0.496 e. The molecule has 0 aromatic heterocycles. The van der Waals surface area contributed by atoms with Gasteiger partial charge in [-0.2, -0.15) is 0 Å². The second-order valence-corrected chi connectivity index (χ2v) is 5.92. The van der Waals surface area contributed by atoms with Crippen LogP contribution >= 0.6 is 0 Å². The van der Waals surface area contributed by atoms with E-state index in [1.165, 1.54) is 31.4 Å². The minimum Gasteiger partial charge on any atom is -0.496 e. The van der Waals surface area contributed by atoms with Gasteiger partial charge in [-0.25, -0.2) is 9.18 Å². The minimum absolute atomic E-state index is 0.110. The number of carbonyl (C=O) groups is 2. The minimum atomic E-state index is -0.355. The fraction of sp³-hybridized carbons (Fsp3) is 0.263. The predicted molar refractivity (Wildman–Crippen MR) is 95.9 cm³/mol. The number of para-hydroxylation sites is 1. The zero-order valence-corrected chi connectivity index (χ0v) is 14.4. The van der Waals surface area contributed by atoms with Gasteiger partial charge < -0.3 is 19.9 Å². The molecule has 1 fully saturated rings. The van der Waals surface area contributed by atoms with E-state index in [1.54, 1.807) is 28.0 Å². The first-order valence-electron chi connectivity index (χ1n) is 8.32. The molecule has 1 aliphatic rings. The number of rotatable bonds is 3. The number of hydrogen-bond donors (Lipinski definition) is 1. The molecule has 0 unspecified atom stereocenters. The maximum atomic E-state index is 12.9. The van der Waals surface area contributed by atoms with E-state index in [-0.39, 0.29) is 17.8 Å². The molecule has 3 rings (SSSR count). The van der Waals surface area contributed by atoms with Crippen molar-refractivity contribution in [1.29, 1.82) is 0 Å². The summed E-state index contributed by atoms with van der Waals surface area (Å²) in [5, 5.41) is 2.73. The summed E-state index contributed by atoms with van der Waals surface area (Å²) in [5.41, 5.74) is 1.04. The number of methoxy groups -OCH3 is 1. The van der Waals surface area contributed by atoms with Gasteiger partial charge in [0.2, 0.25) is 0 Å². The number of urea groups is 1. The topological polar surface area (TPSA) is 61.9 Å². The van der Waals surface area contributed by atoms with Gasteiger partial charge in [0.15, 0.2) is 0 Å². The lowest BCUT2D eigenvalue weighted by molar-refractivity contribution is 0.0668. The van der Waals surface area contributed by atoms with E-state index < -0.39 is 0 Å². The average molecular weight is 357 g/mol. The lowest BCUT2D eigenvalue weighted by Gasteiger charge is -2.35. The van der Waals surface area contributed by atoms with Crippen molar-refractivity contribution in [2.24, 2.45) is 0 Å². The highest BCUT2D eigenvalue weighted by molar-refractivity contribution is 5.97. The van der Waals surface area contributed by atoms with Crippen molar-refractivity contribution in [1.82, 2.24) is 9.80 Å². The summed E-state index contributed by atoms with van der Waals surface area (Å²) in [6.07, 6.45) is 0. The highest BCUT2D eigenvalue weighted by atomic mass is 19.1. The van der Waals surface area contributed by atoms with Gasteiger partial charge in [-0.05, 0) is 36.4 Å². The Bertz CT molecular complexity index is 787. The fourth-order valence-electron chi connectivity index (χ4n) is 2.84. The predicted octanol–water partition coefficient (Wildman–Crippen LogP) is 2.82. The van der Waals surface area contributed by atoms with Gasteiger partial charge >= 0.3 is 6.03 Å². The number of nitrogens with one attached hydrogen (secondary N) is 1. The van der Waals surface area contributed by atoms with Crippen LogP contribution < -0.4 is 10.1 Å². The molecule has 0 aliphatic carbocycles. The summed E-state index contributed by atoms with van der Waals surface area (Å²) in [6.45, 7) is 1.73. The molecule has 1 N–H and O–H groups in total. The first-order valence-corrected chi connectivity index (χ1v) is 8.32. The lowest BCUT2D eigenvalue weighted by Crippen LogP contribution is -2.51. The van der Waals surface area contributed by atoms with Crippen molar-refractivity contribution in [3.63, 3.8) is 0 Å². The van der Waals surface area contributed by atoms with E-state index in [9.17, 15) is 14.0 Å². The Kier molecular flexibility index (Phi) is 5.36. The van der Waals surface area contributed by atoms with Gasteiger partial charge in [-0.3, -0.25) is 4.79 Å². The molecule has 3 amide bonds. The van der Waals surface area contributed by atoms with Gasteiger partial charge in [-0.1, -0.05) is 12.1 Å². The number of hydrogen-bond acceptors (Lipinski definition) is 3. The zero-order chi connectivity index (χ0) is 18.5. The number of nitrogens with zero attached hydrogens (tertiary/aromatic N) is 2. The molecule has 1 heterocycles. The maximum Gasteiger partial charge on any atom is 0.321 e. The highest BCUT2D eigenvalue weighted by Gasteiger charge is 2.26. The molecular weight excluding hydrogens is 337 g/mol. The lowest BCUT2D eigenvalue weighted by atomic mass is 10.1. The van der Waals surface area contributed by atoms with E-state index in [2.05, 4.69) is 5.32 Å². The summed E-state index contributed by atoms with van der Waals surface area (Å²) >= 11 is 0. The van der Waals surface area contributed by atoms with Crippen LogP contribution in [-0.4, -0.2) is 55.0 Å². The van der Waals surface area contributed by atoms with E-state index in [1.807, 2.05) is 6.07 Å². The van der Waals surface area contributed by atoms with Gasteiger partial charge in [0.1, 0.15) is 11.6 Å². The van der Waals surface area contributed by atoms with Crippen molar-refractivity contribution < 1.29 is 18.7 Å². The van der Waals surface area contributed by atoms with Crippen LogP contribution in [0.1, 0.15) is 10.4 Å². The van der Waals surface area contributed by atoms with Crippen LogP contribution in [0, 0.1) is 5.82 Å². The first-order chi connectivity index (χ1) is 12.6. The third-order valence-electron chi connectivity index (χ3n) is 4.29. The number of carbonyl (C=O) groups excluding carboxylic acids is 2. The zero-order valence-electron chi connectivity index (χ0n) is 14.4. The number of anilines is 1. The SMILES string of the molecule is COc1ccccc1C(=O)N1CCN(C(=O)Nc2ccc(F)cc2)CC1. The van der Waals surface area contributed by atoms with Crippen LogP contribution in [-0.2, 0) is 0 Å². The van der Waals surface area contributed by atoms with Crippen molar-refractivity contribution in [3.05, 3.63) is 59.9 Å². The smallest absolute Gasteiger partial charge is 0.321 e. The normalized spacial score (nSPS) is 14.1. The van der Waals surface area contributed by atoms with Crippen LogP contribution in [0.3, 0.4) is 0 Å². The second kappa shape index (κ2) is 7.86. The van der Waals surface area contributed by atoms with Crippen LogP contribution in [0.15, 0.2) is 48.5 Å². The van der Waals surface area contributed by atoms with E-state index in [4.69, 9.17) is 4.74 Å². The standard InChI is InChI=1S/C19H20FN3O3/c1-26-17-5-3-2-4-16(17)18(24)22-10-12-23(13-11-22)19(25)21-15-8-6-14(20)7-9-15/h2-9H,10-13H2,1H3,(H,21,25). The molecule has 1 aliphatic heterocycles. The van der Waals surface area contributed by atoms with Crippen LogP contribution in [0.4, 0.5) is 14.9 Å². The number of amides is 3. The Morgan fingerprint density at radius 2 is 1.58 bits per heavy atom. The molecule has 6 nitrogen and oxygen atoms in total. The van der Waals surface area contributed by atoms with E-state index in [0.717, 1.165) is 0 Å². The van der Waals surface area contributed by atoms with Crippen molar-refractivity contribution in [3.8, 4) is 5.75 Å². The summed E-state index contributed by atoms with van der Waals surface area (Å²) in [6, 6.07) is 12.4. The van der Waals surface area contributed by atoms with E-state index in [0.29, 0.717) is 43.2 Å². The molecule has 136 valence electrons. The van der Waals surface area contributed by atoms with Crippen molar-refractivity contribution >= 4 is 17.6 Å². The Morgan fingerprint density at radius 3 is 2.23 bits per heavy atom. The Labute approximate surface area is 151 Å². The number of piperazine rings is 1. The number of ether oxygens (including phenoxy) is 1. The maximum absolute atomic E-state index is 12.9. The quantitative estimate of drug-likeness (QED) is 0.919. The molecule has 0 bridgehead atoms. The van der Waals surface area contributed by atoms with Crippen LogP contribution in [0.5, 0.6) is 5.75 Å². The number of halogens is 1. The molecule has 1 saturated heterocycles. The Hall–Kier alpha value is -3.09. The molecular formula is C19H20FN3O3. The third-order valence-corrected chi connectivity index (χ3v) is 4.29. The molecule has 7 heteroatoms. The van der Waals surface area contributed by atoms with Crippen molar-refractivity contribution in [2.45, 2.75) is 0 Å². The van der Waals surface area contributed by atoms with Gasteiger partial charge in [0.25, 0.3) is 5.91 Å². The van der Waals surface area contributed by atoms with Crippen LogP contribution in [0.2, 0.25) is 0 Å². The summed E-state index contributed by atoms with van der Waals surface area (Å²) in [4.78, 5) is 28.3. The van der Waals surface area contributed by atoms with Crippen molar-refractivity contribution in [2.75, 3.05) is 38.6 Å². The molecule has 0 radical (unpaired) electrons. The van der Waals surface area contributed by atoms with E-state index >= 15 is 0 Å². The third kappa shape index (κ3) is 3.93. The van der Waals surface area contributed by atoms with Gasteiger partial charge in [-0.15, -0.1) is 0 Å². The molecule has 0 saturated carbocycles. The first kappa shape index (κ1) is 17.7. The second-order valence-electron chi connectivity index (χ2n) is 5.92. The van der Waals surface area contributed by atoms with Gasteiger partial charge in [0, 0.05) is 31.9 Å². The number of benzene rings is 2. The summed E-state index contributed by atoms with van der Waals surface area (Å²) in [5.74, 6) is 0.0708. The average Bonchev–Trinajstić information content (AvgIpc) is 2.69. The molecule has 0 atom stereocenters. The molecule has 26 heavy (non-hydrogen) atoms. The Balaban J connectivity index is 1.57. The van der Waals surface area contributed by atoms with Gasteiger partial charge in [0.05, 0.1) is 12.7 Å². The molecule has 2 aromatic carbocycles. The Morgan fingerprint density at radius 1 is 0.962 bits per heavy atom. The summed E-state index contributed by atoms with van der Waals surface area (Å²) in [7, 11) is 1.53.